The molecule has 0 aromatic rings. The smallest absolute Gasteiger partial charge is 0.387 e. The van der Waals surface area contributed by atoms with Crippen molar-refractivity contribution < 1.29 is 32.9 Å². The van der Waals surface area contributed by atoms with Crippen molar-refractivity contribution >= 4 is 13.7 Å². The van der Waals surface area contributed by atoms with Crippen molar-refractivity contribution in [2.75, 3.05) is 40.9 Å². The Morgan fingerprint density at radius 1 is 0.458 bits per heavy atom. The normalized spacial score (nSPS) is 14.0. The van der Waals surface area contributed by atoms with Crippen molar-refractivity contribution in [1.82, 2.24) is 5.32 Å². The Hall–Kier alpha value is -1.28. The van der Waals surface area contributed by atoms with Crippen LogP contribution in [0.15, 0.2) is 36.5 Å². The number of hydrogen-bond acceptors (Lipinski definition) is 5. The van der Waals surface area contributed by atoms with Crippen LogP contribution in [0.5, 0.6) is 0 Å². The Labute approximate surface area is 448 Å². The molecular weight excluding hydrogens is 912 g/mol. The Morgan fingerprint density at radius 3 is 1.11 bits per heavy atom. The van der Waals surface area contributed by atoms with Crippen LogP contribution in [-0.2, 0) is 18.4 Å². The minimum Gasteiger partial charge on any atom is -0.387 e. The van der Waals surface area contributed by atoms with Crippen LogP contribution in [0.4, 0.5) is 0 Å². The minimum atomic E-state index is -4.35. The molecule has 0 aliphatic heterocycles. The van der Waals surface area contributed by atoms with E-state index in [1.54, 1.807) is 6.08 Å². The molecule has 0 bridgehead atoms. The number of likely N-dealkylation sites (N-methyl/N-ethyl adjacent to an activating group) is 1. The van der Waals surface area contributed by atoms with Gasteiger partial charge in [0, 0.05) is 6.42 Å². The second-order valence-electron chi connectivity index (χ2n) is 22.8. The number of nitrogens with zero attached hydrogens (tertiary/aromatic N) is 1. The second kappa shape index (κ2) is 54.5. The van der Waals surface area contributed by atoms with E-state index >= 15 is 0 Å². The fourth-order valence-corrected chi connectivity index (χ4v) is 10.1. The van der Waals surface area contributed by atoms with E-state index in [0.717, 1.165) is 38.5 Å². The molecule has 0 spiro atoms. The topological polar surface area (TPSA) is 105 Å². The highest BCUT2D eigenvalue weighted by Crippen LogP contribution is 2.43. The van der Waals surface area contributed by atoms with Gasteiger partial charge < -0.3 is 19.8 Å². The summed E-state index contributed by atoms with van der Waals surface area (Å²) in [6, 6.07) is -0.861. The quantitative estimate of drug-likeness (QED) is 0.0243. The lowest BCUT2D eigenvalue weighted by atomic mass is 10.0. The Kier molecular flexibility index (Phi) is 53.5. The van der Waals surface area contributed by atoms with Crippen molar-refractivity contribution in [2.24, 2.45) is 0 Å². The summed E-state index contributed by atoms with van der Waals surface area (Å²) in [4.78, 5) is 23.3. The second-order valence-corrected chi connectivity index (χ2v) is 24.2. The first-order valence-corrected chi connectivity index (χ1v) is 32.9. The highest BCUT2D eigenvalue weighted by Gasteiger charge is 2.27. The van der Waals surface area contributed by atoms with Gasteiger partial charge in [-0.05, 0) is 57.8 Å². The number of hydrogen-bond donors (Lipinski definition) is 3. The standard InChI is InChI=1S/C63H123N2O6P/c1-6-8-10-12-14-16-18-20-22-24-25-26-27-28-29-30-31-32-33-34-35-36-37-38-39-41-43-45-47-49-51-53-55-57-63(67)64-61(60-71-72(68,69)70-59-58-65(3,4)5)62(66)56-54-52-50-48-46-44-42-40-23-21-19-17-15-13-11-9-7-2/h24-25,46,48,54,56,61-62,66H,6-23,26-45,47,49-53,55,57-60H2,1-5H3,(H-,64,67,68,69)/p+1/b25-24-,48-46+,56-54+. The van der Waals surface area contributed by atoms with Gasteiger partial charge in [-0.1, -0.05) is 281 Å². The van der Waals surface area contributed by atoms with Gasteiger partial charge in [-0.2, -0.15) is 0 Å². The summed E-state index contributed by atoms with van der Waals surface area (Å²) in [5, 5.41) is 13.9. The number of unbranched alkanes of at least 4 members (excludes halogenated alkanes) is 41. The average Bonchev–Trinajstić information content (AvgIpc) is 3.34. The third-order valence-electron chi connectivity index (χ3n) is 14.3. The molecule has 0 aromatic carbocycles. The molecule has 3 N–H and O–H groups in total. The number of allylic oxidation sites excluding steroid dienone is 5. The fraction of sp³-hybridized carbons (Fsp3) is 0.889. The number of rotatable bonds is 58. The molecule has 0 aliphatic rings. The van der Waals surface area contributed by atoms with E-state index in [4.69, 9.17) is 9.05 Å². The molecule has 3 atom stereocenters. The number of phosphoric ester groups is 1. The highest BCUT2D eigenvalue weighted by molar-refractivity contribution is 7.47. The number of carbonyl (C=O) groups excluding carboxylic acids is 1. The van der Waals surface area contributed by atoms with E-state index in [9.17, 15) is 19.4 Å². The van der Waals surface area contributed by atoms with Crippen molar-refractivity contribution in [1.29, 1.82) is 0 Å². The molecule has 0 heterocycles. The molecule has 72 heavy (non-hydrogen) atoms. The van der Waals surface area contributed by atoms with Crippen LogP contribution in [0.1, 0.15) is 309 Å². The van der Waals surface area contributed by atoms with E-state index in [0.29, 0.717) is 17.4 Å². The maximum atomic E-state index is 13.0. The Balaban J connectivity index is 4.04. The summed E-state index contributed by atoms with van der Waals surface area (Å²) in [5.41, 5.74) is 0. The maximum Gasteiger partial charge on any atom is 0.472 e. The lowest BCUT2D eigenvalue weighted by molar-refractivity contribution is -0.870. The van der Waals surface area contributed by atoms with Crippen LogP contribution in [0.3, 0.4) is 0 Å². The molecule has 8 nitrogen and oxygen atoms in total. The van der Waals surface area contributed by atoms with Crippen molar-refractivity contribution in [2.45, 2.75) is 321 Å². The van der Waals surface area contributed by atoms with Crippen molar-refractivity contribution in [3.05, 3.63) is 36.5 Å². The third kappa shape index (κ3) is 56.4. The molecule has 1 amide bonds. The number of quaternary nitrogens is 1. The van der Waals surface area contributed by atoms with E-state index in [1.165, 1.54) is 250 Å². The predicted molar refractivity (Wildman–Crippen MR) is 314 cm³/mol. The number of phosphoric acid groups is 1. The van der Waals surface area contributed by atoms with Crippen molar-refractivity contribution in [3.8, 4) is 0 Å². The molecule has 0 aromatic heterocycles. The molecule has 9 heteroatoms. The summed E-state index contributed by atoms with van der Waals surface area (Å²) < 4.78 is 23.7. The Morgan fingerprint density at radius 2 is 0.764 bits per heavy atom. The van der Waals surface area contributed by atoms with Crippen molar-refractivity contribution in [3.63, 3.8) is 0 Å². The molecule has 426 valence electrons. The molecule has 0 fully saturated rings. The molecule has 3 unspecified atom stereocenters. The number of aliphatic hydroxyl groups is 1. The van der Waals surface area contributed by atoms with Gasteiger partial charge in [0.2, 0.25) is 5.91 Å². The first-order chi connectivity index (χ1) is 35.0. The van der Waals surface area contributed by atoms with Crippen LogP contribution >= 0.6 is 7.82 Å². The fourth-order valence-electron chi connectivity index (χ4n) is 9.41. The number of carbonyl (C=O) groups is 1. The molecule has 0 saturated heterocycles. The van der Waals surface area contributed by atoms with Crippen LogP contribution < -0.4 is 5.32 Å². The number of aliphatic hydroxyl groups excluding tert-OH is 1. The highest BCUT2D eigenvalue weighted by atomic mass is 31.2. The van der Waals surface area contributed by atoms with Gasteiger partial charge in [-0.3, -0.25) is 13.8 Å². The van der Waals surface area contributed by atoms with Gasteiger partial charge in [0.1, 0.15) is 13.2 Å². The van der Waals surface area contributed by atoms with E-state index in [1.807, 2.05) is 27.2 Å². The van der Waals surface area contributed by atoms with Crippen LogP contribution in [-0.4, -0.2) is 73.4 Å². The van der Waals surface area contributed by atoms with Gasteiger partial charge in [-0.25, -0.2) is 4.57 Å². The van der Waals surface area contributed by atoms with E-state index < -0.39 is 20.0 Å². The largest absolute Gasteiger partial charge is 0.472 e. The van der Waals surface area contributed by atoms with Gasteiger partial charge in [0.05, 0.1) is 39.9 Å². The SMILES string of the molecule is CCCCCCCCCC/C=C\CCCCCCCCCCCCCCCCCCCCCCCC(=O)NC(COP(=O)(O)OCC[N+](C)(C)C)C(O)/C=C/CC/C=C/CCCCCCCCCCCCC. The monoisotopic (exact) mass is 1040 g/mol. The van der Waals surface area contributed by atoms with Gasteiger partial charge in [0.15, 0.2) is 0 Å². The first kappa shape index (κ1) is 70.7. The minimum absolute atomic E-state index is 0.0578. The predicted octanol–water partition coefficient (Wildman–Crippen LogP) is 19.3. The van der Waals surface area contributed by atoms with Crippen LogP contribution in [0.25, 0.3) is 0 Å². The molecule has 0 aliphatic carbocycles. The molecular formula is C63H124N2O6P+. The maximum absolute atomic E-state index is 13.0. The van der Waals surface area contributed by atoms with Gasteiger partial charge in [-0.15, -0.1) is 0 Å². The Bertz CT molecular complexity index is 1270. The molecule has 0 radical (unpaired) electrons. The molecule has 0 rings (SSSR count). The summed E-state index contributed by atoms with van der Waals surface area (Å²) in [6.45, 7) is 4.83. The molecule has 0 saturated carbocycles. The lowest BCUT2D eigenvalue weighted by Crippen LogP contribution is -2.45. The summed E-state index contributed by atoms with van der Waals surface area (Å²) in [7, 11) is 1.57. The van der Waals surface area contributed by atoms with Crippen LogP contribution in [0, 0.1) is 0 Å². The summed E-state index contributed by atoms with van der Waals surface area (Å²) in [6.07, 6.45) is 71.3. The van der Waals surface area contributed by atoms with E-state index in [-0.39, 0.29) is 19.1 Å². The third-order valence-corrected chi connectivity index (χ3v) is 15.3. The zero-order chi connectivity index (χ0) is 52.7. The average molecular weight is 1040 g/mol. The number of amides is 1. The lowest BCUT2D eigenvalue weighted by Gasteiger charge is -2.25. The zero-order valence-corrected chi connectivity index (χ0v) is 49.6. The van der Waals surface area contributed by atoms with Gasteiger partial charge >= 0.3 is 7.82 Å². The zero-order valence-electron chi connectivity index (χ0n) is 48.7. The summed E-state index contributed by atoms with van der Waals surface area (Å²) >= 11 is 0. The van der Waals surface area contributed by atoms with E-state index in [2.05, 4.69) is 43.5 Å². The summed E-state index contributed by atoms with van der Waals surface area (Å²) in [5.74, 6) is -0.181. The first-order valence-electron chi connectivity index (χ1n) is 31.4. The number of nitrogens with one attached hydrogen (secondary N) is 1. The van der Waals surface area contributed by atoms with Crippen LogP contribution in [0.2, 0.25) is 0 Å². The van der Waals surface area contributed by atoms with Gasteiger partial charge in [0.25, 0.3) is 0 Å².